The Bertz CT molecular complexity index is 1300. The van der Waals surface area contributed by atoms with E-state index < -0.39 is 34.3 Å². The fourth-order valence-corrected chi connectivity index (χ4v) is 3.15. The number of para-hydroxylation sites is 1. The van der Waals surface area contributed by atoms with Gasteiger partial charge in [0.15, 0.2) is 11.5 Å². The number of benzene rings is 2. The smallest absolute Gasteiger partial charge is 0.416 e. The van der Waals surface area contributed by atoms with Gasteiger partial charge in [0.05, 0.1) is 16.1 Å². The summed E-state index contributed by atoms with van der Waals surface area (Å²) < 4.78 is 49.6. The Morgan fingerprint density at radius 2 is 1.65 bits per heavy atom. The molecule has 0 saturated heterocycles. The molecule has 0 unspecified atom stereocenters. The number of hydrogen-bond acceptors (Lipinski definition) is 7. The van der Waals surface area contributed by atoms with Crippen LogP contribution in [-0.2, 0) is 10.9 Å². The third-order valence-corrected chi connectivity index (χ3v) is 4.73. The van der Waals surface area contributed by atoms with Gasteiger partial charge in [-0.2, -0.15) is 13.2 Å². The number of halogens is 3. The maximum Gasteiger partial charge on any atom is 0.416 e. The number of nitrogens with zero attached hydrogens (tertiary/aromatic N) is 2. The highest BCUT2D eigenvalue weighted by molar-refractivity contribution is 5.99. The molecule has 3 aromatic rings. The van der Waals surface area contributed by atoms with Crippen LogP contribution in [0.2, 0.25) is 0 Å². The molecule has 1 aromatic heterocycles. The van der Waals surface area contributed by atoms with Crippen LogP contribution in [0.3, 0.4) is 0 Å². The van der Waals surface area contributed by atoms with Crippen LogP contribution in [-0.4, -0.2) is 40.6 Å². The molecule has 2 aromatic carbocycles. The summed E-state index contributed by atoms with van der Waals surface area (Å²) in [4.78, 5) is 39.7. The zero-order valence-electron chi connectivity index (χ0n) is 20.0. The van der Waals surface area contributed by atoms with E-state index in [1.54, 1.807) is 20.8 Å². The third-order valence-electron chi connectivity index (χ3n) is 4.73. The molecular formula is C24H23F3N4O6. The van der Waals surface area contributed by atoms with Crippen molar-refractivity contribution in [1.82, 2.24) is 15.6 Å². The van der Waals surface area contributed by atoms with E-state index >= 15 is 0 Å². The van der Waals surface area contributed by atoms with Gasteiger partial charge in [0.2, 0.25) is 5.89 Å². The SMILES string of the molecule is CC(C)(C)OC(=O)NCCNC(=O)c1nc(-c2ccc(C(F)(F)F)cc2)oc1-c1ccccc1[N+](=O)[O-]. The van der Waals surface area contributed by atoms with E-state index in [0.29, 0.717) is 0 Å². The van der Waals surface area contributed by atoms with Crippen molar-refractivity contribution < 1.29 is 36.8 Å². The van der Waals surface area contributed by atoms with Crippen LogP contribution in [0, 0.1) is 10.1 Å². The number of aromatic nitrogens is 1. The lowest BCUT2D eigenvalue weighted by Gasteiger charge is -2.19. The molecule has 37 heavy (non-hydrogen) atoms. The van der Waals surface area contributed by atoms with E-state index in [2.05, 4.69) is 15.6 Å². The monoisotopic (exact) mass is 520 g/mol. The van der Waals surface area contributed by atoms with Gasteiger partial charge < -0.3 is 19.8 Å². The van der Waals surface area contributed by atoms with Crippen molar-refractivity contribution >= 4 is 17.7 Å². The van der Waals surface area contributed by atoms with Gasteiger partial charge in [-0.15, -0.1) is 0 Å². The van der Waals surface area contributed by atoms with E-state index in [9.17, 15) is 32.9 Å². The van der Waals surface area contributed by atoms with Crippen LogP contribution in [0.15, 0.2) is 52.9 Å². The minimum atomic E-state index is -4.55. The van der Waals surface area contributed by atoms with Crippen molar-refractivity contribution in [3.8, 4) is 22.8 Å². The molecule has 0 atom stereocenters. The minimum Gasteiger partial charge on any atom is -0.444 e. The molecule has 0 aliphatic rings. The molecule has 0 radical (unpaired) electrons. The maximum atomic E-state index is 12.9. The second-order valence-electron chi connectivity index (χ2n) is 8.73. The van der Waals surface area contributed by atoms with Crippen LogP contribution < -0.4 is 10.6 Å². The topological polar surface area (TPSA) is 137 Å². The Morgan fingerprint density at radius 1 is 1.03 bits per heavy atom. The number of rotatable bonds is 7. The molecule has 0 fully saturated rings. The standard InChI is InChI=1S/C24H23F3N4O6/c1-23(2,3)37-22(33)29-13-12-28-20(32)18-19(16-6-4-5-7-17(16)31(34)35)36-21(30-18)14-8-10-15(11-9-14)24(25,26)27/h4-11H,12-13H2,1-3H3,(H,28,32)(H,29,33). The largest absolute Gasteiger partial charge is 0.444 e. The van der Waals surface area contributed by atoms with Gasteiger partial charge in [0, 0.05) is 24.7 Å². The summed E-state index contributed by atoms with van der Waals surface area (Å²) in [6.45, 7) is 5.04. The number of alkyl halides is 3. The Morgan fingerprint density at radius 3 is 2.24 bits per heavy atom. The average Bonchev–Trinajstić information content (AvgIpc) is 3.25. The Balaban J connectivity index is 1.89. The first-order chi connectivity index (χ1) is 17.3. The molecule has 1 heterocycles. The second kappa shape index (κ2) is 10.7. The zero-order chi connectivity index (χ0) is 27.4. The molecule has 13 heteroatoms. The van der Waals surface area contributed by atoms with Gasteiger partial charge in [0.1, 0.15) is 5.60 Å². The molecule has 2 N–H and O–H groups in total. The Hall–Kier alpha value is -4.42. The van der Waals surface area contributed by atoms with Crippen molar-refractivity contribution in [2.75, 3.05) is 13.1 Å². The van der Waals surface area contributed by atoms with E-state index in [0.717, 1.165) is 24.3 Å². The number of ether oxygens (including phenoxy) is 1. The van der Waals surface area contributed by atoms with Crippen LogP contribution in [0.4, 0.5) is 23.7 Å². The summed E-state index contributed by atoms with van der Waals surface area (Å²) >= 11 is 0. The van der Waals surface area contributed by atoms with E-state index in [-0.39, 0.29) is 47.2 Å². The van der Waals surface area contributed by atoms with Crippen LogP contribution in [0.1, 0.15) is 36.8 Å². The summed E-state index contributed by atoms with van der Waals surface area (Å²) in [6.07, 6.45) is -5.24. The van der Waals surface area contributed by atoms with Gasteiger partial charge in [-0.05, 0) is 51.1 Å². The predicted octanol–water partition coefficient (Wildman–Crippen LogP) is 5.19. The third kappa shape index (κ3) is 7.06. The average molecular weight is 520 g/mol. The summed E-state index contributed by atoms with van der Waals surface area (Å²) in [7, 11) is 0. The summed E-state index contributed by atoms with van der Waals surface area (Å²) in [5, 5.41) is 16.5. The number of carbonyl (C=O) groups excluding carboxylic acids is 2. The molecule has 10 nitrogen and oxygen atoms in total. The van der Waals surface area contributed by atoms with Gasteiger partial charge in [-0.1, -0.05) is 12.1 Å². The lowest BCUT2D eigenvalue weighted by Crippen LogP contribution is -2.38. The lowest BCUT2D eigenvalue weighted by atomic mass is 10.1. The highest BCUT2D eigenvalue weighted by Crippen LogP contribution is 2.36. The fraction of sp³-hybridized carbons (Fsp3) is 0.292. The molecule has 0 aliphatic carbocycles. The fourth-order valence-electron chi connectivity index (χ4n) is 3.15. The summed E-state index contributed by atoms with van der Waals surface area (Å²) in [5.41, 5.74) is -2.20. The van der Waals surface area contributed by atoms with Crippen molar-refractivity contribution in [3.63, 3.8) is 0 Å². The van der Waals surface area contributed by atoms with Crippen LogP contribution >= 0.6 is 0 Å². The van der Waals surface area contributed by atoms with Crippen molar-refractivity contribution in [2.24, 2.45) is 0 Å². The summed E-state index contributed by atoms with van der Waals surface area (Å²) in [5.74, 6) is -1.22. The maximum absolute atomic E-state index is 12.9. The van der Waals surface area contributed by atoms with Crippen molar-refractivity contribution in [1.29, 1.82) is 0 Å². The van der Waals surface area contributed by atoms with Crippen LogP contribution in [0.5, 0.6) is 0 Å². The molecular weight excluding hydrogens is 497 g/mol. The number of alkyl carbamates (subject to hydrolysis) is 1. The number of amides is 2. The van der Waals surface area contributed by atoms with E-state index in [1.165, 1.54) is 24.3 Å². The molecule has 0 bridgehead atoms. The highest BCUT2D eigenvalue weighted by Gasteiger charge is 2.31. The molecule has 0 spiro atoms. The normalized spacial score (nSPS) is 11.6. The Kier molecular flexibility index (Phi) is 7.84. The number of nitrogens with one attached hydrogen (secondary N) is 2. The Labute approximate surface area is 209 Å². The van der Waals surface area contributed by atoms with E-state index in [4.69, 9.17) is 9.15 Å². The predicted molar refractivity (Wildman–Crippen MR) is 126 cm³/mol. The summed E-state index contributed by atoms with van der Waals surface area (Å²) in [6, 6.07) is 9.37. The lowest BCUT2D eigenvalue weighted by molar-refractivity contribution is -0.384. The zero-order valence-corrected chi connectivity index (χ0v) is 20.0. The minimum absolute atomic E-state index is 0.00504. The van der Waals surface area contributed by atoms with Gasteiger partial charge >= 0.3 is 12.3 Å². The molecule has 2 amide bonds. The number of oxazole rings is 1. The first-order valence-corrected chi connectivity index (χ1v) is 10.9. The number of nitro benzene ring substituents is 1. The first-order valence-electron chi connectivity index (χ1n) is 10.9. The molecule has 0 saturated carbocycles. The van der Waals surface area contributed by atoms with Crippen LogP contribution in [0.25, 0.3) is 22.8 Å². The van der Waals surface area contributed by atoms with Crippen molar-refractivity contribution in [3.05, 3.63) is 69.9 Å². The number of nitro groups is 1. The van der Waals surface area contributed by atoms with Gasteiger partial charge in [-0.25, -0.2) is 9.78 Å². The first kappa shape index (κ1) is 27.2. The van der Waals surface area contributed by atoms with Gasteiger partial charge in [0.25, 0.3) is 11.6 Å². The number of hydrogen-bond donors (Lipinski definition) is 2. The van der Waals surface area contributed by atoms with Crippen molar-refractivity contribution in [2.45, 2.75) is 32.5 Å². The van der Waals surface area contributed by atoms with E-state index in [1.807, 2.05) is 0 Å². The highest BCUT2D eigenvalue weighted by atomic mass is 19.4. The number of carbonyl (C=O) groups is 2. The quantitative estimate of drug-likeness (QED) is 0.248. The van der Waals surface area contributed by atoms with Gasteiger partial charge in [-0.3, -0.25) is 14.9 Å². The molecule has 3 rings (SSSR count). The molecule has 196 valence electrons. The second-order valence-corrected chi connectivity index (χ2v) is 8.73. The molecule has 0 aliphatic heterocycles.